The fourth-order valence-corrected chi connectivity index (χ4v) is 4.39. The molecular formula is C15H18ClFN4O2S. The zero-order chi connectivity index (χ0) is 17.3. The predicted molar refractivity (Wildman–Crippen MR) is 88.7 cm³/mol. The Morgan fingerprint density at radius 1 is 1.21 bits per heavy atom. The first-order chi connectivity index (χ1) is 11.4. The molecule has 2 aromatic rings. The van der Waals surface area contributed by atoms with Crippen LogP contribution in [0.15, 0.2) is 35.4 Å². The van der Waals surface area contributed by atoms with Crippen molar-refractivity contribution in [2.75, 3.05) is 26.2 Å². The maximum Gasteiger partial charge on any atom is 0.243 e. The number of sulfonamides is 1. The van der Waals surface area contributed by atoms with Crippen LogP contribution in [0.2, 0.25) is 5.02 Å². The van der Waals surface area contributed by atoms with Crippen molar-refractivity contribution in [1.29, 1.82) is 0 Å². The van der Waals surface area contributed by atoms with E-state index in [2.05, 4.69) is 10.00 Å². The molecule has 0 unspecified atom stereocenters. The second kappa shape index (κ2) is 6.79. The van der Waals surface area contributed by atoms with E-state index in [1.165, 1.54) is 10.4 Å². The van der Waals surface area contributed by atoms with Crippen LogP contribution in [-0.4, -0.2) is 53.6 Å². The monoisotopic (exact) mass is 372 g/mol. The van der Waals surface area contributed by atoms with E-state index in [0.717, 1.165) is 17.8 Å². The lowest BCUT2D eigenvalue weighted by atomic mass is 10.3. The van der Waals surface area contributed by atoms with Crippen molar-refractivity contribution >= 4 is 21.6 Å². The third-order valence-electron chi connectivity index (χ3n) is 4.01. The standard InChI is InChI=1S/C15H18ClFN4O2S/c1-19-5-4-12(18-19)11-20-6-8-21(9-7-20)24(22,23)13-2-3-15(17)14(16)10-13/h2-5,10H,6-9,11H2,1H3. The summed E-state index contributed by atoms with van der Waals surface area (Å²) in [5, 5.41) is 4.14. The summed E-state index contributed by atoms with van der Waals surface area (Å²) >= 11 is 5.70. The fourth-order valence-electron chi connectivity index (χ4n) is 2.69. The predicted octanol–water partition coefficient (Wildman–Crippen LogP) is 1.72. The Labute approximate surface area is 145 Å². The summed E-state index contributed by atoms with van der Waals surface area (Å²) in [4.78, 5) is 2.18. The summed E-state index contributed by atoms with van der Waals surface area (Å²) in [6.45, 7) is 2.68. The molecule has 2 heterocycles. The molecule has 0 spiro atoms. The molecule has 0 aliphatic carbocycles. The Bertz CT molecular complexity index is 832. The van der Waals surface area contributed by atoms with Gasteiger partial charge in [0, 0.05) is 46.0 Å². The van der Waals surface area contributed by atoms with E-state index in [0.29, 0.717) is 32.7 Å². The largest absolute Gasteiger partial charge is 0.295 e. The maximum atomic E-state index is 13.2. The number of nitrogens with zero attached hydrogens (tertiary/aromatic N) is 4. The van der Waals surface area contributed by atoms with Gasteiger partial charge in [-0.25, -0.2) is 12.8 Å². The molecule has 130 valence electrons. The van der Waals surface area contributed by atoms with Crippen molar-refractivity contribution in [3.8, 4) is 0 Å². The molecular weight excluding hydrogens is 355 g/mol. The average molecular weight is 373 g/mol. The molecule has 6 nitrogen and oxygen atoms in total. The van der Waals surface area contributed by atoms with Crippen LogP contribution < -0.4 is 0 Å². The highest BCUT2D eigenvalue weighted by molar-refractivity contribution is 7.89. The second-order valence-corrected chi connectivity index (χ2v) is 8.08. The fraction of sp³-hybridized carbons (Fsp3) is 0.400. The molecule has 1 aliphatic heterocycles. The molecule has 3 rings (SSSR count). The number of hydrogen-bond acceptors (Lipinski definition) is 4. The Hall–Kier alpha value is -1.48. The lowest BCUT2D eigenvalue weighted by Gasteiger charge is -2.33. The van der Waals surface area contributed by atoms with Gasteiger partial charge in [-0.2, -0.15) is 9.40 Å². The number of aromatic nitrogens is 2. The number of piperazine rings is 1. The smallest absolute Gasteiger partial charge is 0.243 e. The number of benzene rings is 1. The van der Waals surface area contributed by atoms with Crippen molar-refractivity contribution in [1.82, 2.24) is 19.0 Å². The van der Waals surface area contributed by atoms with Gasteiger partial charge in [0.05, 0.1) is 15.6 Å². The first-order valence-corrected chi connectivity index (χ1v) is 9.34. The summed E-state index contributed by atoms with van der Waals surface area (Å²) in [7, 11) is -1.79. The Balaban J connectivity index is 1.65. The minimum Gasteiger partial charge on any atom is -0.295 e. The molecule has 0 N–H and O–H groups in total. The van der Waals surface area contributed by atoms with Crippen LogP contribution in [-0.2, 0) is 23.6 Å². The average Bonchev–Trinajstić information content (AvgIpc) is 2.95. The minimum atomic E-state index is -3.66. The van der Waals surface area contributed by atoms with Gasteiger partial charge in [0.25, 0.3) is 0 Å². The highest BCUT2D eigenvalue weighted by Gasteiger charge is 2.29. The Kier molecular flexibility index (Phi) is 4.91. The Morgan fingerprint density at radius 2 is 1.92 bits per heavy atom. The first kappa shape index (κ1) is 17.3. The van der Waals surface area contributed by atoms with E-state index < -0.39 is 15.8 Å². The van der Waals surface area contributed by atoms with Gasteiger partial charge in [-0.05, 0) is 24.3 Å². The molecule has 0 radical (unpaired) electrons. The third kappa shape index (κ3) is 3.61. The van der Waals surface area contributed by atoms with Crippen molar-refractivity contribution in [2.45, 2.75) is 11.4 Å². The van der Waals surface area contributed by atoms with Crippen LogP contribution in [0.1, 0.15) is 5.69 Å². The molecule has 0 atom stereocenters. The van der Waals surface area contributed by atoms with E-state index in [1.54, 1.807) is 4.68 Å². The van der Waals surface area contributed by atoms with Crippen LogP contribution in [0.25, 0.3) is 0 Å². The first-order valence-electron chi connectivity index (χ1n) is 7.52. The highest BCUT2D eigenvalue weighted by Crippen LogP contribution is 2.23. The lowest BCUT2D eigenvalue weighted by Crippen LogP contribution is -2.48. The zero-order valence-corrected chi connectivity index (χ0v) is 14.8. The molecule has 1 aromatic heterocycles. The van der Waals surface area contributed by atoms with E-state index >= 15 is 0 Å². The number of aryl methyl sites for hydroxylation is 1. The minimum absolute atomic E-state index is 0.0204. The van der Waals surface area contributed by atoms with Gasteiger partial charge in [0.1, 0.15) is 5.82 Å². The van der Waals surface area contributed by atoms with Gasteiger partial charge in [-0.1, -0.05) is 11.6 Å². The van der Waals surface area contributed by atoms with Crippen molar-refractivity contribution in [3.05, 3.63) is 47.0 Å². The van der Waals surface area contributed by atoms with Crippen LogP contribution in [0.3, 0.4) is 0 Å². The number of hydrogen-bond donors (Lipinski definition) is 0. The van der Waals surface area contributed by atoms with Crippen molar-refractivity contribution in [2.24, 2.45) is 7.05 Å². The topological polar surface area (TPSA) is 58.4 Å². The third-order valence-corrected chi connectivity index (χ3v) is 6.20. The highest BCUT2D eigenvalue weighted by atomic mass is 35.5. The number of rotatable bonds is 4. The van der Waals surface area contributed by atoms with E-state index in [4.69, 9.17) is 11.6 Å². The SMILES string of the molecule is Cn1ccc(CN2CCN(S(=O)(=O)c3ccc(F)c(Cl)c3)CC2)n1. The van der Waals surface area contributed by atoms with E-state index in [-0.39, 0.29) is 9.92 Å². The molecule has 0 saturated carbocycles. The Morgan fingerprint density at radius 3 is 2.50 bits per heavy atom. The van der Waals surface area contributed by atoms with Gasteiger partial charge in [0.2, 0.25) is 10.0 Å². The van der Waals surface area contributed by atoms with Gasteiger partial charge < -0.3 is 0 Å². The molecule has 1 saturated heterocycles. The van der Waals surface area contributed by atoms with Crippen LogP contribution in [0.5, 0.6) is 0 Å². The molecule has 24 heavy (non-hydrogen) atoms. The molecule has 1 fully saturated rings. The van der Waals surface area contributed by atoms with E-state index in [9.17, 15) is 12.8 Å². The molecule has 0 amide bonds. The van der Waals surface area contributed by atoms with Crippen LogP contribution >= 0.6 is 11.6 Å². The van der Waals surface area contributed by atoms with Gasteiger partial charge in [-0.3, -0.25) is 9.58 Å². The molecule has 9 heteroatoms. The van der Waals surface area contributed by atoms with E-state index in [1.807, 2.05) is 19.3 Å². The zero-order valence-electron chi connectivity index (χ0n) is 13.2. The van der Waals surface area contributed by atoms with Gasteiger partial charge in [0.15, 0.2) is 0 Å². The summed E-state index contributed by atoms with van der Waals surface area (Å²) in [6.07, 6.45) is 1.88. The summed E-state index contributed by atoms with van der Waals surface area (Å²) in [5.74, 6) is -0.629. The lowest BCUT2D eigenvalue weighted by molar-refractivity contribution is 0.179. The van der Waals surface area contributed by atoms with Crippen molar-refractivity contribution < 1.29 is 12.8 Å². The summed E-state index contributed by atoms with van der Waals surface area (Å²) in [5.41, 5.74) is 0.958. The van der Waals surface area contributed by atoms with Crippen LogP contribution in [0.4, 0.5) is 4.39 Å². The molecule has 1 aromatic carbocycles. The maximum absolute atomic E-state index is 13.2. The molecule has 0 bridgehead atoms. The number of halogens is 2. The van der Waals surface area contributed by atoms with Gasteiger partial charge in [-0.15, -0.1) is 0 Å². The quantitative estimate of drug-likeness (QED) is 0.820. The summed E-state index contributed by atoms with van der Waals surface area (Å²) < 4.78 is 41.6. The summed E-state index contributed by atoms with van der Waals surface area (Å²) in [6, 6.07) is 5.43. The van der Waals surface area contributed by atoms with Crippen LogP contribution in [0, 0.1) is 5.82 Å². The normalized spacial score (nSPS) is 17.3. The van der Waals surface area contributed by atoms with Crippen molar-refractivity contribution in [3.63, 3.8) is 0 Å². The second-order valence-electron chi connectivity index (χ2n) is 5.74. The van der Waals surface area contributed by atoms with Gasteiger partial charge >= 0.3 is 0 Å². The molecule has 1 aliphatic rings.